The first-order valence-corrected chi connectivity index (χ1v) is 7.82. The molecular formula is C16H20N4O. The molecule has 0 spiro atoms. The number of fused-ring (bicyclic) bond motifs is 1. The second-order valence-corrected chi connectivity index (χ2v) is 6.45. The van der Waals surface area contributed by atoms with Gasteiger partial charge in [0.1, 0.15) is 0 Å². The Morgan fingerprint density at radius 3 is 3.14 bits per heavy atom. The van der Waals surface area contributed by atoms with Gasteiger partial charge in [0.25, 0.3) is 0 Å². The third-order valence-corrected chi connectivity index (χ3v) is 4.93. The normalized spacial score (nSPS) is 28.8. The molecule has 3 atom stereocenters. The summed E-state index contributed by atoms with van der Waals surface area (Å²) in [5.74, 6) is 1.57. The molecule has 4 rings (SSSR count). The van der Waals surface area contributed by atoms with Crippen molar-refractivity contribution in [1.82, 2.24) is 20.1 Å². The van der Waals surface area contributed by atoms with Gasteiger partial charge in [-0.1, -0.05) is 6.92 Å². The number of aromatic nitrogens is 3. The lowest BCUT2D eigenvalue weighted by Crippen LogP contribution is -2.40. The maximum atomic E-state index is 12.4. The molecule has 2 aliphatic rings. The highest BCUT2D eigenvalue weighted by Crippen LogP contribution is 2.40. The molecule has 3 unspecified atom stereocenters. The molecule has 2 aromatic rings. The highest BCUT2D eigenvalue weighted by Gasteiger charge is 2.42. The van der Waals surface area contributed by atoms with Gasteiger partial charge in [-0.05, 0) is 37.3 Å². The van der Waals surface area contributed by atoms with Crippen molar-refractivity contribution >= 4 is 16.9 Å². The molecule has 1 saturated heterocycles. The number of amides is 1. The van der Waals surface area contributed by atoms with Crippen LogP contribution in [-0.2, 0) is 4.79 Å². The second kappa shape index (κ2) is 4.83. The van der Waals surface area contributed by atoms with Crippen molar-refractivity contribution in [2.24, 2.45) is 11.8 Å². The van der Waals surface area contributed by atoms with Crippen LogP contribution in [0.3, 0.4) is 0 Å². The lowest BCUT2D eigenvalue weighted by atomic mass is 9.93. The molecule has 1 aliphatic carbocycles. The van der Waals surface area contributed by atoms with E-state index in [1.165, 1.54) is 0 Å². The van der Waals surface area contributed by atoms with Crippen molar-refractivity contribution in [3.05, 3.63) is 24.0 Å². The van der Waals surface area contributed by atoms with Crippen LogP contribution in [0, 0.1) is 11.8 Å². The maximum absolute atomic E-state index is 12.4. The number of H-pyrrole nitrogens is 1. The number of carbonyl (C=O) groups excluding carboxylic acids is 1. The lowest BCUT2D eigenvalue weighted by Gasteiger charge is -2.32. The molecule has 1 amide bonds. The van der Waals surface area contributed by atoms with Crippen LogP contribution in [0.5, 0.6) is 0 Å². The first kappa shape index (κ1) is 12.8. The van der Waals surface area contributed by atoms with E-state index < -0.39 is 0 Å². The molecule has 1 saturated carbocycles. The Kier molecular flexibility index (Phi) is 2.94. The van der Waals surface area contributed by atoms with Gasteiger partial charge in [-0.2, -0.15) is 5.10 Å². The van der Waals surface area contributed by atoms with Crippen LogP contribution in [0.1, 0.15) is 37.8 Å². The average Bonchev–Trinajstić information content (AvgIpc) is 3.10. The summed E-state index contributed by atoms with van der Waals surface area (Å²) in [7, 11) is 0. The quantitative estimate of drug-likeness (QED) is 0.920. The standard InChI is InChI=1S/C16H20N4O/c1-10-8-13(10)16(21)20-7-3-4-11(9-20)14-12-5-2-6-17-15(12)19-18-14/h2,5-6,10-11,13H,3-4,7-9H2,1H3,(H,17,18,19). The smallest absolute Gasteiger partial charge is 0.225 e. The van der Waals surface area contributed by atoms with Crippen LogP contribution in [0.2, 0.25) is 0 Å². The molecule has 1 N–H and O–H groups in total. The molecular weight excluding hydrogens is 264 g/mol. The van der Waals surface area contributed by atoms with E-state index in [0.29, 0.717) is 17.7 Å². The monoisotopic (exact) mass is 284 g/mol. The number of rotatable bonds is 2. The number of piperidine rings is 1. The lowest BCUT2D eigenvalue weighted by molar-refractivity contribution is -0.134. The van der Waals surface area contributed by atoms with E-state index in [0.717, 1.165) is 49.1 Å². The van der Waals surface area contributed by atoms with Crippen LogP contribution in [0.4, 0.5) is 0 Å². The van der Waals surface area contributed by atoms with E-state index in [-0.39, 0.29) is 5.92 Å². The third kappa shape index (κ3) is 2.20. The summed E-state index contributed by atoms with van der Waals surface area (Å²) in [6, 6.07) is 4.00. The first-order chi connectivity index (χ1) is 10.2. The average molecular weight is 284 g/mol. The van der Waals surface area contributed by atoms with Gasteiger partial charge in [0.15, 0.2) is 5.65 Å². The van der Waals surface area contributed by atoms with Crippen LogP contribution < -0.4 is 0 Å². The van der Waals surface area contributed by atoms with Gasteiger partial charge < -0.3 is 4.90 Å². The second-order valence-electron chi connectivity index (χ2n) is 6.45. The Labute approximate surface area is 123 Å². The molecule has 0 radical (unpaired) electrons. The molecule has 21 heavy (non-hydrogen) atoms. The number of aromatic amines is 1. The Bertz CT molecular complexity index is 680. The highest BCUT2D eigenvalue weighted by atomic mass is 16.2. The minimum absolute atomic E-state index is 0.281. The number of nitrogens with one attached hydrogen (secondary N) is 1. The number of hydrogen-bond acceptors (Lipinski definition) is 3. The SMILES string of the molecule is CC1CC1C(=O)N1CCCC(c2[nH]nc3ncccc23)C1. The van der Waals surface area contributed by atoms with Crippen LogP contribution in [-0.4, -0.2) is 39.1 Å². The topological polar surface area (TPSA) is 61.9 Å². The van der Waals surface area contributed by atoms with E-state index in [4.69, 9.17) is 0 Å². The summed E-state index contributed by atoms with van der Waals surface area (Å²) in [6.45, 7) is 3.88. The molecule has 2 aromatic heterocycles. The van der Waals surface area contributed by atoms with Gasteiger partial charge in [0.2, 0.25) is 5.91 Å². The van der Waals surface area contributed by atoms with Gasteiger partial charge in [-0.15, -0.1) is 0 Å². The minimum Gasteiger partial charge on any atom is -0.342 e. The zero-order valence-corrected chi connectivity index (χ0v) is 12.2. The Morgan fingerprint density at radius 2 is 2.33 bits per heavy atom. The summed E-state index contributed by atoms with van der Waals surface area (Å²) in [5.41, 5.74) is 1.91. The van der Waals surface area contributed by atoms with Crippen LogP contribution >= 0.6 is 0 Å². The Balaban J connectivity index is 1.56. The number of pyridine rings is 1. The number of hydrogen-bond donors (Lipinski definition) is 1. The molecule has 5 nitrogen and oxygen atoms in total. The fraction of sp³-hybridized carbons (Fsp3) is 0.562. The number of likely N-dealkylation sites (tertiary alicyclic amines) is 1. The van der Waals surface area contributed by atoms with Crippen molar-refractivity contribution < 1.29 is 4.79 Å². The van der Waals surface area contributed by atoms with Crippen molar-refractivity contribution in [3.63, 3.8) is 0 Å². The van der Waals surface area contributed by atoms with E-state index >= 15 is 0 Å². The summed E-state index contributed by atoms with van der Waals surface area (Å²) in [6.07, 6.45) is 5.00. The fourth-order valence-electron chi connectivity index (χ4n) is 3.49. The zero-order valence-electron chi connectivity index (χ0n) is 12.2. The first-order valence-electron chi connectivity index (χ1n) is 7.82. The molecule has 0 aromatic carbocycles. The summed E-state index contributed by atoms with van der Waals surface area (Å²) in [4.78, 5) is 18.8. The minimum atomic E-state index is 0.281. The van der Waals surface area contributed by atoms with Crippen LogP contribution in [0.15, 0.2) is 18.3 Å². The summed E-state index contributed by atoms with van der Waals surface area (Å²) < 4.78 is 0. The van der Waals surface area contributed by atoms with Crippen molar-refractivity contribution in [2.45, 2.75) is 32.1 Å². The molecule has 3 heterocycles. The van der Waals surface area contributed by atoms with E-state index in [2.05, 4.69) is 33.1 Å². The van der Waals surface area contributed by atoms with E-state index in [1.807, 2.05) is 6.07 Å². The summed E-state index contributed by atoms with van der Waals surface area (Å²) in [5, 5.41) is 8.52. The molecule has 1 aliphatic heterocycles. The van der Waals surface area contributed by atoms with E-state index in [1.54, 1.807) is 6.20 Å². The van der Waals surface area contributed by atoms with Gasteiger partial charge in [-0.25, -0.2) is 4.98 Å². The Morgan fingerprint density at radius 1 is 1.48 bits per heavy atom. The molecule has 2 fully saturated rings. The van der Waals surface area contributed by atoms with Crippen molar-refractivity contribution in [1.29, 1.82) is 0 Å². The van der Waals surface area contributed by atoms with Gasteiger partial charge in [0, 0.05) is 42.2 Å². The third-order valence-electron chi connectivity index (χ3n) is 4.93. The zero-order chi connectivity index (χ0) is 14.4. The predicted molar refractivity (Wildman–Crippen MR) is 79.7 cm³/mol. The highest BCUT2D eigenvalue weighted by molar-refractivity contribution is 5.82. The fourth-order valence-corrected chi connectivity index (χ4v) is 3.49. The predicted octanol–water partition coefficient (Wildman–Crippen LogP) is 2.32. The van der Waals surface area contributed by atoms with E-state index in [9.17, 15) is 4.79 Å². The number of carbonyl (C=O) groups is 1. The van der Waals surface area contributed by atoms with Gasteiger partial charge in [0.05, 0.1) is 0 Å². The van der Waals surface area contributed by atoms with Gasteiger partial charge >= 0.3 is 0 Å². The largest absolute Gasteiger partial charge is 0.342 e. The molecule has 110 valence electrons. The van der Waals surface area contributed by atoms with Gasteiger partial charge in [-0.3, -0.25) is 9.89 Å². The maximum Gasteiger partial charge on any atom is 0.225 e. The number of nitrogens with zero attached hydrogens (tertiary/aromatic N) is 3. The molecule has 0 bridgehead atoms. The van der Waals surface area contributed by atoms with Crippen molar-refractivity contribution in [3.8, 4) is 0 Å². The summed E-state index contributed by atoms with van der Waals surface area (Å²) >= 11 is 0. The Hall–Kier alpha value is -1.91. The van der Waals surface area contributed by atoms with Crippen molar-refractivity contribution in [2.75, 3.05) is 13.1 Å². The van der Waals surface area contributed by atoms with Crippen LogP contribution in [0.25, 0.3) is 11.0 Å². The molecule has 5 heteroatoms.